The number of piperidine rings is 2. The van der Waals surface area contributed by atoms with E-state index in [0.29, 0.717) is 23.5 Å². The van der Waals surface area contributed by atoms with Gasteiger partial charge in [-0.2, -0.15) is 0 Å². The van der Waals surface area contributed by atoms with Crippen LogP contribution in [0.3, 0.4) is 0 Å². The van der Waals surface area contributed by atoms with Crippen molar-refractivity contribution in [3.05, 3.63) is 36.9 Å². The Labute approximate surface area is 144 Å². The second-order valence-electron chi connectivity index (χ2n) is 6.69. The van der Waals surface area contributed by atoms with Gasteiger partial charge in [0.05, 0.1) is 12.8 Å². The van der Waals surface area contributed by atoms with Crippen LogP contribution in [0.1, 0.15) is 32.1 Å². The Hall–Kier alpha value is -2.01. The van der Waals surface area contributed by atoms with Crippen molar-refractivity contribution in [1.29, 1.82) is 0 Å². The molecule has 2 amide bonds. The molecule has 1 aromatic rings. The van der Waals surface area contributed by atoms with Gasteiger partial charge in [0.15, 0.2) is 0 Å². The fourth-order valence-electron chi connectivity index (χ4n) is 4.14. The van der Waals surface area contributed by atoms with E-state index in [4.69, 9.17) is 4.74 Å². The summed E-state index contributed by atoms with van der Waals surface area (Å²) in [5.74, 6) is 0.672. The van der Waals surface area contributed by atoms with Crippen molar-refractivity contribution < 1.29 is 9.53 Å². The number of amides is 2. The highest BCUT2D eigenvalue weighted by Gasteiger charge is 2.37. The van der Waals surface area contributed by atoms with Crippen LogP contribution in [0.2, 0.25) is 0 Å². The minimum absolute atomic E-state index is 0.153. The van der Waals surface area contributed by atoms with Gasteiger partial charge in [0, 0.05) is 24.7 Å². The summed E-state index contributed by atoms with van der Waals surface area (Å²) in [4.78, 5) is 14.9. The van der Waals surface area contributed by atoms with E-state index in [1.165, 1.54) is 19.3 Å². The first-order valence-corrected chi connectivity index (χ1v) is 8.78. The minimum Gasteiger partial charge on any atom is -0.495 e. The van der Waals surface area contributed by atoms with Gasteiger partial charge in [-0.25, -0.2) is 4.79 Å². The van der Waals surface area contributed by atoms with Crippen molar-refractivity contribution in [3.8, 4) is 5.75 Å². The lowest BCUT2D eigenvalue weighted by Gasteiger charge is -2.48. The average Bonchev–Trinajstić information content (AvgIpc) is 2.56. The summed E-state index contributed by atoms with van der Waals surface area (Å²) in [6, 6.07) is 8.66. The summed E-state index contributed by atoms with van der Waals surface area (Å²) >= 11 is 0. The van der Waals surface area contributed by atoms with Crippen molar-refractivity contribution in [3.63, 3.8) is 0 Å². The molecule has 5 heteroatoms. The molecular weight excluding hydrogens is 302 g/mol. The van der Waals surface area contributed by atoms with Crippen molar-refractivity contribution in [2.75, 3.05) is 19.0 Å². The third-order valence-electron chi connectivity index (χ3n) is 5.16. The van der Waals surface area contributed by atoms with Crippen LogP contribution in [-0.4, -0.2) is 42.7 Å². The third-order valence-corrected chi connectivity index (χ3v) is 5.16. The van der Waals surface area contributed by atoms with E-state index in [0.717, 1.165) is 19.4 Å². The number of hydrogen-bond acceptors (Lipinski definition) is 3. The number of methoxy groups -OCH3 is 1. The van der Waals surface area contributed by atoms with E-state index < -0.39 is 0 Å². The van der Waals surface area contributed by atoms with Crippen LogP contribution in [-0.2, 0) is 0 Å². The smallest absolute Gasteiger partial charge is 0.319 e. The topological polar surface area (TPSA) is 53.6 Å². The highest BCUT2D eigenvalue weighted by molar-refractivity contribution is 5.91. The van der Waals surface area contributed by atoms with E-state index >= 15 is 0 Å². The maximum Gasteiger partial charge on any atom is 0.319 e. The van der Waals surface area contributed by atoms with Crippen molar-refractivity contribution in [2.45, 2.75) is 50.2 Å². The highest BCUT2D eigenvalue weighted by Crippen LogP contribution is 2.34. The number of rotatable bonds is 5. The molecule has 0 spiro atoms. The molecule has 2 heterocycles. The molecule has 2 bridgehead atoms. The first kappa shape index (κ1) is 16.8. The predicted octanol–water partition coefficient (Wildman–Crippen LogP) is 3.39. The van der Waals surface area contributed by atoms with Crippen molar-refractivity contribution in [1.82, 2.24) is 10.2 Å². The van der Waals surface area contributed by atoms with Crippen LogP contribution < -0.4 is 15.4 Å². The van der Waals surface area contributed by atoms with Gasteiger partial charge < -0.3 is 15.4 Å². The van der Waals surface area contributed by atoms with Crippen LogP contribution >= 0.6 is 0 Å². The zero-order valence-electron chi connectivity index (χ0n) is 14.3. The van der Waals surface area contributed by atoms with Gasteiger partial charge in [0.1, 0.15) is 5.75 Å². The molecule has 1 unspecified atom stereocenters. The number of anilines is 1. The molecule has 130 valence electrons. The van der Waals surface area contributed by atoms with Crippen LogP contribution in [0.25, 0.3) is 0 Å². The van der Waals surface area contributed by atoms with Crippen molar-refractivity contribution in [2.24, 2.45) is 0 Å². The predicted molar refractivity (Wildman–Crippen MR) is 96.5 cm³/mol. The molecule has 24 heavy (non-hydrogen) atoms. The number of urea groups is 1. The Balaban J connectivity index is 1.58. The molecule has 3 rings (SSSR count). The summed E-state index contributed by atoms with van der Waals surface area (Å²) in [5.41, 5.74) is 0.696. The number of ether oxygens (including phenoxy) is 1. The van der Waals surface area contributed by atoms with Crippen LogP contribution in [0, 0.1) is 0 Å². The summed E-state index contributed by atoms with van der Waals surface area (Å²) < 4.78 is 5.28. The Kier molecular flexibility index (Phi) is 5.41. The maximum atomic E-state index is 12.4. The molecule has 3 atom stereocenters. The lowest BCUT2D eigenvalue weighted by Crippen LogP contribution is -2.57. The number of para-hydroxylation sites is 2. The number of benzene rings is 1. The van der Waals surface area contributed by atoms with E-state index in [-0.39, 0.29) is 12.1 Å². The second kappa shape index (κ2) is 7.71. The average molecular weight is 329 g/mol. The van der Waals surface area contributed by atoms with E-state index in [1.807, 2.05) is 30.3 Å². The summed E-state index contributed by atoms with van der Waals surface area (Å²) in [5, 5.41) is 6.06. The summed E-state index contributed by atoms with van der Waals surface area (Å²) in [7, 11) is 1.61. The number of carbonyl (C=O) groups is 1. The monoisotopic (exact) mass is 329 g/mol. The van der Waals surface area contributed by atoms with E-state index in [9.17, 15) is 4.79 Å². The standard InChI is InChI=1S/C19H27N3O2/c1-3-11-22-15-7-6-8-16(22)13-14(12-15)20-19(23)21-17-9-4-5-10-18(17)24-2/h3-5,9-10,14-16H,1,6-8,11-13H2,2H3,(H2,20,21,23)/t14?,15-,16+. The fraction of sp³-hybridized carbons (Fsp3) is 0.526. The third kappa shape index (κ3) is 3.73. The van der Waals surface area contributed by atoms with Crippen molar-refractivity contribution >= 4 is 11.7 Å². The molecule has 2 fully saturated rings. The Morgan fingerprint density at radius 3 is 2.71 bits per heavy atom. The molecule has 2 aliphatic rings. The van der Waals surface area contributed by atoms with Gasteiger partial charge in [-0.1, -0.05) is 24.6 Å². The van der Waals surface area contributed by atoms with E-state index in [2.05, 4.69) is 22.1 Å². The van der Waals surface area contributed by atoms with Crippen LogP contribution in [0.15, 0.2) is 36.9 Å². The first-order chi connectivity index (χ1) is 11.7. The lowest BCUT2D eigenvalue weighted by atomic mass is 9.82. The quantitative estimate of drug-likeness (QED) is 0.814. The normalized spacial score (nSPS) is 26.5. The molecule has 1 aromatic carbocycles. The molecular formula is C19H27N3O2. The highest BCUT2D eigenvalue weighted by atomic mass is 16.5. The molecule has 0 radical (unpaired) electrons. The lowest BCUT2D eigenvalue weighted by molar-refractivity contribution is 0.0375. The van der Waals surface area contributed by atoms with Gasteiger partial charge in [0.2, 0.25) is 0 Å². The molecule has 0 aliphatic carbocycles. The Morgan fingerprint density at radius 1 is 1.33 bits per heavy atom. The van der Waals surface area contributed by atoms with E-state index in [1.54, 1.807) is 7.11 Å². The Bertz CT molecular complexity index is 576. The van der Waals surface area contributed by atoms with Gasteiger partial charge in [-0.15, -0.1) is 6.58 Å². The molecule has 0 aromatic heterocycles. The van der Waals surface area contributed by atoms with Gasteiger partial charge in [0.25, 0.3) is 0 Å². The molecule has 2 N–H and O–H groups in total. The summed E-state index contributed by atoms with van der Waals surface area (Å²) in [6.45, 7) is 4.83. The molecule has 2 saturated heterocycles. The number of carbonyl (C=O) groups excluding carboxylic acids is 1. The zero-order chi connectivity index (χ0) is 16.9. The van der Waals surface area contributed by atoms with Crippen LogP contribution in [0.5, 0.6) is 5.75 Å². The minimum atomic E-state index is -0.153. The maximum absolute atomic E-state index is 12.4. The Morgan fingerprint density at radius 2 is 2.04 bits per heavy atom. The van der Waals surface area contributed by atoms with Gasteiger partial charge >= 0.3 is 6.03 Å². The zero-order valence-corrected chi connectivity index (χ0v) is 14.3. The first-order valence-electron chi connectivity index (χ1n) is 8.78. The number of nitrogens with one attached hydrogen (secondary N) is 2. The number of hydrogen-bond donors (Lipinski definition) is 2. The number of fused-ring (bicyclic) bond motifs is 2. The van der Waals surface area contributed by atoms with Gasteiger partial charge in [-0.3, -0.25) is 4.90 Å². The molecule has 0 saturated carbocycles. The number of nitrogens with zero attached hydrogens (tertiary/aromatic N) is 1. The largest absolute Gasteiger partial charge is 0.495 e. The SMILES string of the molecule is C=CCN1[C@@H]2CCC[C@H]1CC(NC(=O)Nc1ccccc1OC)C2. The second-order valence-corrected chi connectivity index (χ2v) is 6.69. The molecule has 2 aliphatic heterocycles. The fourth-order valence-corrected chi connectivity index (χ4v) is 4.14. The molecule has 5 nitrogen and oxygen atoms in total. The summed E-state index contributed by atoms with van der Waals surface area (Å²) in [6.07, 6.45) is 7.76. The van der Waals surface area contributed by atoms with Crippen LogP contribution in [0.4, 0.5) is 10.5 Å². The van der Waals surface area contributed by atoms with Gasteiger partial charge in [-0.05, 0) is 37.8 Å².